The van der Waals surface area contributed by atoms with Crippen LogP contribution >= 0.6 is 0 Å². The van der Waals surface area contributed by atoms with Crippen LogP contribution in [0, 0.1) is 11.8 Å². The summed E-state index contributed by atoms with van der Waals surface area (Å²) < 4.78 is 5.38. The predicted octanol–water partition coefficient (Wildman–Crippen LogP) is 5.11. The van der Waals surface area contributed by atoms with Crippen LogP contribution in [0.15, 0.2) is 66.9 Å². The van der Waals surface area contributed by atoms with Crippen molar-refractivity contribution in [2.45, 2.75) is 63.0 Å². The molecule has 1 aromatic heterocycles. The van der Waals surface area contributed by atoms with Gasteiger partial charge < -0.3 is 25.8 Å². The number of ether oxygens (including phenoxy) is 1. The van der Waals surface area contributed by atoms with Crippen LogP contribution in [-0.2, 0) is 19.9 Å². The second-order valence-electron chi connectivity index (χ2n) is 13.0. The standard InChI is InChI=1S/C35H42N4O4/c1-34(42)22-35(36,23-34)28-13-11-26(12-14-28)30-21-37-31(20-29(30)25-5-3-2-4-6-25)38-32(40)19-24-7-9-27(10-8-24)33(41)39-15-17-43-18-16-39/h2-6,11-14,20-21,24,27,42H,7-10,15-19,22-23,36H2,1H3,(H,37,38,40). The molecule has 6 rings (SSSR count). The van der Waals surface area contributed by atoms with Gasteiger partial charge in [0.1, 0.15) is 5.82 Å². The molecule has 0 bridgehead atoms. The van der Waals surface area contributed by atoms with Crippen LogP contribution in [0.1, 0.15) is 57.4 Å². The Bertz CT molecular complexity index is 1430. The zero-order valence-corrected chi connectivity index (χ0v) is 24.9. The number of nitrogens with zero attached hydrogens (tertiary/aromatic N) is 2. The number of amides is 2. The number of pyridine rings is 1. The number of hydrogen-bond donors (Lipinski definition) is 3. The van der Waals surface area contributed by atoms with Crippen molar-refractivity contribution < 1.29 is 19.4 Å². The molecule has 2 amide bonds. The highest BCUT2D eigenvalue weighted by Gasteiger charge is 2.49. The maximum Gasteiger partial charge on any atom is 0.225 e. The van der Waals surface area contributed by atoms with E-state index >= 15 is 0 Å². The highest BCUT2D eigenvalue weighted by Crippen LogP contribution is 2.46. The molecule has 2 saturated carbocycles. The number of aliphatic hydroxyl groups is 1. The normalized spacial score (nSPS) is 27.3. The summed E-state index contributed by atoms with van der Waals surface area (Å²) >= 11 is 0. The Labute approximate surface area is 253 Å². The maximum absolute atomic E-state index is 13.1. The monoisotopic (exact) mass is 582 g/mol. The molecule has 8 heteroatoms. The topological polar surface area (TPSA) is 118 Å². The molecule has 2 aromatic carbocycles. The zero-order valence-electron chi connectivity index (χ0n) is 24.9. The number of nitrogens with two attached hydrogens (primary N) is 1. The highest BCUT2D eigenvalue weighted by molar-refractivity contribution is 5.92. The van der Waals surface area contributed by atoms with E-state index in [1.165, 1.54) is 0 Å². The summed E-state index contributed by atoms with van der Waals surface area (Å²) in [7, 11) is 0. The van der Waals surface area contributed by atoms with Crippen LogP contribution in [0.5, 0.6) is 0 Å². The van der Waals surface area contributed by atoms with Gasteiger partial charge in [0.2, 0.25) is 11.8 Å². The highest BCUT2D eigenvalue weighted by atomic mass is 16.5. The third-order valence-corrected chi connectivity index (χ3v) is 9.41. The van der Waals surface area contributed by atoms with E-state index < -0.39 is 11.1 Å². The van der Waals surface area contributed by atoms with Crippen molar-refractivity contribution in [1.29, 1.82) is 0 Å². The summed E-state index contributed by atoms with van der Waals surface area (Å²) in [6.07, 6.45) is 6.77. The maximum atomic E-state index is 13.1. The molecular weight excluding hydrogens is 540 g/mol. The van der Waals surface area contributed by atoms with Gasteiger partial charge >= 0.3 is 0 Å². The average molecular weight is 583 g/mol. The van der Waals surface area contributed by atoms with Gasteiger partial charge in [-0.3, -0.25) is 9.59 Å². The van der Waals surface area contributed by atoms with Gasteiger partial charge in [-0.15, -0.1) is 0 Å². The van der Waals surface area contributed by atoms with Crippen molar-refractivity contribution in [3.05, 3.63) is 72.4 Å². The number of nitrogens with one attached hydrogen (secondary N) is 1. The molecular formula is C35H42N4O4. The zero-order chi connectivity index (χ0) is 30.0. The van der Waals surface area contributed by atoms with E-state index in [2.05, 4.69) is 34.6 Å². The first-order chi connectivity index (χ1) is 20.7. The Morgan fingerprint density at radius 2 is 1.63 bits per heavy atom. The molecule has 3 fully saturated rings. The van der Waals surface area contributed by atoms with Crippen LogP contribution in [0.2, 0.25) is 0 Å². The Morgan fingerprint density at radius 1 is 0.977 bits per heavy atom. The summed E-state index contributed by atoms with van der Waals surface area (Å²) in [5.74, 6) is 1.06. The lowest BCUT2D eigenvalue weighted by atomic mass is 9.63. The van der Waals surface area contributed by atoms with Gasteiger partial charge in [0, 0.05) is 42.7 Å². The first-order valence-electron chi connectivity index (χ1n) is 15.5. The Morgan fingerprint density at radius 3 is 2.28 bits per heavy atom. The summed E-state index contributed by atoms with van der Waals surface area (Å²) in [5.41, 5.74) is 10.3. The van der Waals surface area contributed by atoms with Crippen LogP contribution < -0.4 is 11.1 Å². The van der Waals surface area contributed by atoms with Gasteiger partial charge in [-0.25, -0.2) is 4.98 Å². The molecule has 3 aromatic rings. The van der Waals surface area contributed by atoms with Gasteiger partial charge in [0.25, 0.3) is 0 Å². The molecule has 2 heterocycles. The molecule has 1 saturated heterocycles. The number of carbonyl (C=O) groups is 2. The van der Waals surface area contributed by atoms with Gasteiger partial charge in [0.15, 0.2) is 0 Å². The average Bonchev–Trinajstić information content (AvgIpc) is 3.01. The Kier molecular flexibility index (Phi) is 8.36. The van der Waals surface area contributed by atoms with E-state index in [9.17, 15) is 14.7 Å². The summed E-state index contributed by atoms with van der Waals surface area (Å²) in [5, 5.41) is 13.3. The lowest BCUT2D eigenvalue weighted by Gasteiger charge is -2.49. The molecule has 0 atom stereocenters. The lowest BCUT2D eigenvalue weighted by Crippen LogP contribution is -2.58. The molecule has 1 aliphatic heterocycles. The van der Waals surface area contributed by atoms with Gasteiger partial charge in [-0.05, 0) is 79.7 Å². The first kappa shape index (κ1) is 29.5. The van der Waals surface area contributed by atoms with Gasteiger partial charge in [-0.1, -0.05) is 54.6 Å². The van der Waals surface area contributed by atoms with Crippen LogP contribution in [-0.4, -0.2) is 58.7 Å². The molecule has 226 valence electrons. The molecule has 8 nitrogen and oxygen atoms in total. The van der Waals surface area contributed by atoms with E-state index in [4.69, 9.17) is 10.5 Å². The molecule has 2 aliphatic carbocycles. The van der Waals surface area contributed by atoms with E-state index in [1.54, 1.807) is 0 Å². The first-order valence-corrected chi connectivity index (χ1v) is 15.5. The minimum atomic E-state index is -0.709. The van der Waals surface area contributed by atoms with E-state index in [0.29, 0.717) is 51.4 Å². The fourth-order valence-electron chi connectivity index (χ4n) is 7.22. The molecule has 0 unspecified atom stereocenters. The minimum Gasteiger partial charge on any atom is -0.390 e. The SMILES string of the molecule is CC1(O)CC(N)(c2ccc(-c3cnc(NC(=O)CC4CCC(C(=O)N5CCOCC5)CC4)cc3-c3ccccc3)cc2)C1. The van der Waals surface area contributed by atoms with E-state index in [-0.39, 0.29) is 23.7 Å². The number of benzene rings is 2. The number of anilines is 1. The number of hydrogen-bond acceptors (Lipinski definition) is 6. The molecule has 0 spiro atoms. The lowest BCUT2D eigenvalue weighted by molar-refractivity contribution is -0.141. The van der Waals surface area contributed by atoms with Crippen molar-refractivity contribution in [2.24, 2.45) is 17.6 Å². The number of aromatic nitrogens is 1. The quantitative estimate of drug-likeness (QED) is 0.357. The number of morpholine rings is 1. The van der Waals surface area contributed by atoms with Crippen LogP contribution in [0.25, 0.3) is 22.3 Å². The van der Waals surface area contributed by atoms with Crippen LogP contribution in [0.3, 0.4) is 0 Å². The van der Waals surface area contributed by atoms with Gasteiger partial charge in [-0.2, -0.15) is 0 Å². The summed E-state index contributed by atoms with van der Waals surface area (Å²) in [4.78, 5) is 32.5. The summed E-state index contributed by atoms with van der Waals surface area (Å²) in [6, 6.07) is 20.2. The third-order valence-electron chi connectivity index (χ3n) is 9.41. The Balaban J connectivity index is 1.12. The second-order valence-corrected chi connectivity index (χ2v) is 13.0. The van der Waals surface area contributed by atoms with E-state index in [0.717, 1.165) is 53.5 Å². The number of carbonyl (C=O) groups excluding carboxylic acids is 2. The molecule has 3 aliphatic rings. The van der Waals surface area contributed by atoms with Crippen molar-refractivity contribution in [3.8, 4) is 22.3 Å². The molecule has 0 radical (unpaired) electrons. The molecule has 43 heavy (non-hydrogen) atoms. The van der Waals surface area contributed by atoms with Crippen molar-refractivity contribution in [3.63, 3.8) is 0 Å². The van der Waals surface area contributed by atoms with E-state index in [1.807, 2.05) is 54.4 Å². The fourth-order valence-corrected chi connectivity index (χ4v) is 7.22. The van der Waals surface area contributed by atoms with Crippen molar-refractivity contribution >= 4 is 17.6 Å². The van der Waals surface area contributed by atoms with Crippen molar-refractivity contribution in [1.82, 2.24) is 9.88 Å². The second kappa shape index (κ2) is 12.2. The van der Waals surface area contributed by atoms with Crippen molar-refractivity contribution in [2.75, 3.05) is 31.6 Å². The third kappa shape index (κ3) is 6.66. The smallest absolute Gasteiger partial charge is 0.225 e. The minimum absolute atomic E-state index is 0.0452. The molecule has 4 N–H and O–H groups in total. The Hall–Kier alpha value is -3.59. The fraction of sp³-hybridized carbons (Fsp3) is 0.457. The predicted molar refractivity (Wildman–Crippen MR) is 167 cm³/mol. The largest absolute Gasteiger partial charge is 0.390 e. The summed E-state index contributed by atoms with van der Waals surface area (Å²) in [6.45, 7) is 4.43. The van der Waals surface area contributed by atoms with Crippen LogP contribution in [0.4, 0.5) is 5.82 Å². The van der Waals surface area contributed by atoms with Gasteiger partial charge in [0.05, 0.1) is 18.8 Å². The number of rotatable bonds is 7.